The van der Waals surface area contributed by atoms with Gasteiger partial charge in [-0.1, -0.05) is 12.1 Å². The van der Waals surface area contributed by atoms with Gasteiger partial charge in [-0.25, -0.2) is 0 Å². The summed E-state index contributed by atoms with van der Waals surface area (Å²) in [6, 6.07) is 12.5. The molecule has 0 unspecified atom stereocenters. The summed E-state index contributed by atoms with van der Waals surface area (Å²) in [5.41, 5.74) is -1.51. The zero-order chi connectivity index (χ0) is 26.0. The molecule has 10 heteroatoms. The smallest absolute Gasteiger partial charge is 0.417 e. The van der Waals surface area contributed by atoms with E-state index < -0.39 is 28.7 Å². The molecule has 1 amide bonds. The van der Waals surface area contributed by atoms with Crippen molar-refractivity contribution >= 4 is 28.9 Å². The molecule has 0 radical (unpaired) electrons. The first-order valence-electron chi connectivity index (χ1n) is 11.0. The van der Waals surface area contributed by atoms with Crippen molar-refractivity contribution in [2.24, 2.45) is 0 Å². The lowest BCUT2D eigenvalue weighted by molar-refractivity contribution is -0.137. The number of benzene rings is 2. The highest BCUT2D eigenvalue weighted by atomic mass is 32.1. The van der Waals surface area contributed by atoms with Crippen LogP contribution in [0.3, 0.4) is 0 Å². The van der Waals surface area contributed by atoms with E-state index in [1.54, 1.807) is 24.8 Å². The van der Waals surface area contributed by atoms with E-state index in [0.29, 0.717) is 19.6 Å². The Labute approximate surface area is 208 Å². The highest BCUT2D eigenvalue weighted by Gasteiger charge is 2.49. The molecule has 6 nitrogen and oxygen atoms in total. The number of thiocarbonyl (C=S) groups is 1. The van der Waals surface area contributed by atoms with Crippen LogP contribution in [-0.2, 0) is 17.5 Å². The summed E-state index contributed by atoms with van der Waals surface area (Å²) in [5.74, 6) is 0.295. The number of anilines is 1. The molecule has 0 atom stereocenters. The molecule has 0 aromatic heterocycles. The second kappa shape index (κ2) is 10.2. The highest BCUT2D eigenvalue weighted by molar-refractivity contribution is 7.80. The van der Waals surface area contributed by atoms with E-state index in [2.05, 4.69) is 4.90 Å². The van der Waals surface area contributed by atoms with Crippen molar-refractivity contribution < 1.29 is 22.7 Å². The minimum absolute atomic E-state index is 0.0176. The summed E-state index contributed by atoms with van der Waals surface area (Å²) in [6.45, 7) is 4.96. The summed E-state index contributed by atoms with van der Waals surface area (Å²) < 4.78 is 46.1. The van der Waals surface area contributed by atoms with Gasteiger partial charge in [-0.05, 0) is 82.5 Å². The van der Waals surface area contributed by atoms with E-state index in [1.165, 1.54) is 11.6 Å². The van der Waals surface area contributed by atoms with Crippen LogP contribution < -0.4 is 9.64 Å². The molecule has 1 heterocycles. The van der Waals surface area contributed by atoms with Gasteiger partial charge in [0, 0.05) is 13.1 Å². The molecule has 35 heavy (non-hydrogen) atoms. The van der Waals surface area contributed by atoms with Crippen molar-refractivity contribution in [3.05, 3.63) is 59.2 Å². The second-order valence-electron chi connectivity index (χ2n) is 9.06. The Bertz CT molecular complexity index is 1140. The van der Waals surface area contributed by atoms with Gasteiger partial charge in [0.2, 0.25) is 0 Å². The third-order valence-electron chi connectivity index (χ3n) is 5.73. The Kier molecular flexibility index (Phi) is 7.72. The summed E-state index contributed by atoms with van der Waals surface area (Å²) in [5, 5.41) is 9.16. The highest BCUT2D eigenvalue weighted by Crippen LogP contribution is 2.37. The molecule has 2 aromatic carbocycles. The first-order valence-corrected chi connectivity index (χ1v) is 11.4. The Balaban J connectivity index is 1.69. The van der Waals surface area contributed by atoms with E-state index in [0.717, 1.165) is 29.3 Å². The van der Waals surface area contributed by atoms with Crippen molar-refractivity contribution in [2.75, 3.05) is 32.1 Å². The van der Waals surface area contributed by atoms with Crippen molar-refractivity contribution in [1.82, 2.24) is 9.80 Å². The molecule has 0 N–H and O–H groups in total. The average molecular weight is 505 g/mol. The molecule has 0 spiro atoms. The van der Waals surface area contributed by atoms with Gasteiger partial charge < -0.3 is 14.5 Å². The van der Waals surface area contributed by atoms with Gasteiger partial charge in [0.25, 0.3) is 5.91 Å². The quantitative estimate of drug-likeness (QED) is 0.380. The fourth-order valence-corrected chi connectivity index (χ4v) is 4.42. The van der Waals surface area contributed by atoms with Crippen LogP contribution in [0, 0.1) is 11.3 Å². The SMILES string of the molecule is CN(C)Cc1ccc(OCCCN2C(=S)N(c3ccc(C#N)c(C(F)(F)F)c3)C(=O)C2(C)C)cc1. The van der Waals surface area contributed by atoms with Crippen LogP contribution in [0.4, 0.5) is 18.9 Å². The van der Waals surface area contributed by atoms with Crippen LogP contribution in [0.1, 0.15) is 37.0 Å². The molecular weight excluding hydrogens is 477 g/mol. The van der Waals surface area contributed by atoms with Crippen molar-refractivity contribution in [2.45, 2.75) is 38.5 Å². The lowest BCUT2D eigenvalue weighted by atomic mass is 10.0. The molecule has 1 aliphatic rings. The van der Waals surface area contributed by atoms with Gasteiger partial charge in [0.1, 0.15) is 11.3 Å². The summed E-state index contributed by atoms with van der Waals surface area (Å²) in [4.78, 5) is 18.0. The lowest BCUT2D eigenvalue weighted by Gasteiger charge is -2.29. The number of rotatable bonds is 8. The first kappa shape index (κ1) is 26.4. The first-order chi connectivity index (χ1) is 16.4. The lowest BCUT2D eigenvalue weighted by Crippen LogP contribution is -2.44. The number of carbonyl (C=O) groups excluding carboxylic acids is 1. The monoisotopic (exact) mass is 504 g/mol. The van der Waals surface area contributed by atoms with E-state index in [-0.39, 0.29) is 10.8 Å². The molecular formula is C25H27F3N4O2S. The molecule has 1 saturated heterocycles. The number of amides is 1. The second-order valence-corrected chi connectivity index (χ2v) is 9.42. The fraction of sp³-hybridized carbons (Fsp3) is 0.400. The predicted molar refractivity (Wildman–Crippen MR) is 131 cm³/mol. The van der Waals surface area contributed by atoms with Crippen molar-refractivity contribution in [3.63, 3.8) is 0 Å². The third-order valence-corrected chi connectivity index (χ3v) is 6.13. The van der Waals surface area contributed by atoms with Gasteiger partial charge in [-0.15, -0.1) is 0 Å². The maximum Gasteiger partial charge on any atom is 0.417 e. The number of hydrogen-bond donors (Lipinski definition) is 0. The standard InChI is InChI=1S/C25H27F3N4O2S/c1-24(2)22(33)32(19-9-8-18(15-29)21(14-19)25(26,27)28)23(35)31(24)12-5-13-34-20-10-6-17(7-11-20)16-30(3)4/h6-11,14H,5,12-13,16H2,1-4H3. The van der Waals surface area contributed by atoms with Crippen LogP contribution in [0.15, 0.2) is 42.5 Å². The Morgan fingerprint density at radius 2 is 1.80 bits per heavy atom. The van der Waals surface area contributed by atoms with Crippen LogP contribution in [0.2, 0.25) is 0 Å². The minimum atomic E-state index is -4.73. The Morgan fingerprint density at radius 1 is 1.14 bits per heavy atom. The minimum Gasteiger partial charge on any atom is -0.494 e. The topological polar surface area (TPSA) is 59.8 Å². The maximum atomic E-state index is 13.4. The summed E-state index contributed by atoms with van der Waals surface area (Å²) in [6.07, 6.45) is -4.19. The van der Waals surface area contributed by atoms with E-state index >= 15 is 0 Å². The summed E-state index contributed by atoms with van der Waals surface area (Å²) >= 11 is 5.50. The number of carbonyl (C=O) groups is 1. The van der Waals surface area contributed by atoms with E-state index in [1.807, 2.05) is 38.4 Å². The molecule has 1 aliphatic heterocycles. The van der Waals surface area contributed by atoms with Crippen molar-refractivity contribution in [3.8, 4) is 11.8 Å². The van der Waals surface area contributed by atoms with Gasteiger partial charge in [-0.2, -0.15) is 18.4 Å². The van der Waals surface area contributed by atoms with Crippen LogP contribution in [-0.4, -0.2) is 53.6 Å². The average Bonchev–Trinajstić information content (AvgIpc) is 2.95. The van der Waals surface area contributed by atoms with Crippen LogP contribution in [0.5, 0.6) is 5.75 Å². The molecule has 0 bridgehead atoms. The molecule has 0 aliphatic carbocycles. The van der Waals surface area contributed by atoms with Gasteiger partial charge >= 0.3 is 6.18 Å². The van der Waals surface area contributed by atoms with E-state index in [4.69, 9.17) is 22.2 Å². The molecule has 186 valence electrons. The number of hydrogen-bond acceptors (Lipinski definition) is 5. The molecule has 2 aromatic rings. The Hall–Kier alpha value is -3.16. The van der Waals surface area contributed by atoms with Gasteiger partial charge in [0.05, 0.1) is 29.5 Å². The summed E-state index contributed by atoms with van der Waals surface area (Å²) in [7, 11) is 3.99. The van der Waals surface area contributed by atoms with Gasteiger partial charge in [0.15, 0.2) is 5.11 Å². The number of alkyl halides is 3. The third kappa shape index (κ3) is 5.74. The molecule has 1 fully saturated rings. The fourth-order valence-electron chi connectivity index (χ4n) is 3.91. The van der Waals surface area contributed by atoms with Crippen LogP contribution >= 0.6 is 12.2 Å². The van der Waals surface area contributed by atoms with Crippen molar-refractivity contribution in [1.29, 1.82) is 5.26 Å². The Morgan fingerprint density at radius 3 is 2.37 bits per heavy atom. The molecule has 3 rings (SSSR count). The number of ether oxygens (including phenoxy) is 1. The van der Waals surface area contributed by atoms with E-state index in [9.17, 15) is 18.0 Å². The number of nitriles is 1. The normalized spacial score (nSPS) is 15.6. The zero-order valence-corrected chi connectivity index (χ0v) is 20.8. The maximum absolute atomic E-state index is 13.4. The number of nitrogens with zero attached hydrogens (tertiary/aromatic N) is 4. The largest absolute Gasteiger partial charge is 0.494 e. The number of halogens is 3. The predicted octanol–water partition coefficient (Wildman–Crippen LogP) is 4.82. The molecule has 0 saturated carbocycles. The van der Waals surface area contributed by atoms with Gasteiger partial charge in [-0.3, -0.25) is 9.69 Å². The zero-order valence-electron chi connectivity index (χ0n) is 20.0. The van der Waals surface area contributed by atoms with Crippen LogP contribution in [0.25, 0.3) is 0 Å².